The van der Waals surface area contributed by atoms with Crippen molar-refractivity contribution in [1.82, 2.24) is 10.2 Å². The number of para-hydroxylation sites is 1. The van der Waals surface area contributed by atoms with Gasteiger partial charge in [0, 0.05) is 27.7 Å². The highest BCUT2D eigenvalue weighted by molar-refractivity contribution is 7.92. The minimum atomic E-state index is -4.25. The number of carbonyl (C=O) groups is 2. The van der Waals surface area contributed by atoms with E-state index in [0.717, 1.165) is 9.87 Å². The lowest BCUT2D eigenvalue weighted by Gasteiger charge is -2.35. The average molecular weight is 697 g/mol. The van der Waals surface area contributed by atoms with Crippen LogP contribution in [0.25, 0.3) is 0 Å². The van der Waals surface area contributed by atoms with Gasteiger partial charge in [-0.3, -0.25) is 13.9 Å². The van der Waals surface area contributed by atoms with Crippen molar-refractivity contribution in [2.45, 2.75) is 64.1 Å². The predicted octanol–water partition coefficient (Wildman–Crippen LogP) is 8.01. The Labute approximate surface area is 287 Å². The summed E-state index contributed by atoms with van der Waals surface area (Å²) in [6, 6.07) is 26.0. The molecule has 11 heteroatoms. The molecule has 1 atom stereocenters. The van der Waals surface area contributed by atoms with Crippen LogP contribution in [0.3, 0.4) is 0 Å². The first-order valence-corrected chi connectivity index (χ1v) is 17.4. The number of nitrogens with one attached hydrogen (secondary N) is 1. The molecule has 0 aliphatic rings. The van der Waals surface area contributed by atoms with Gasteiger partial charge in [0.1, 0.15) is 24.1 Å². The molecule has 0 saturated heterocycles. The Bertz CT molecular complexity index is 1770. The van der Waals surface area contributed by atoms with Gasteiger partial charge in [-0.25, -0.2) is 8.42 Å². The van der Waals surface area contributed by atoms with Crippen LogP contribution < -0.4 is 14.4 Å². The number of ether oxygens (including phenoxy) is 1. The van der Waals surface area contributed by atoms with E-state index in [-0.39, 0.29) is 29.5 Å². The normalized spacial score (nSPS) is 12.2. The Morgan fingerprint density at radius 3 is 1.96 bits per heavy atom. The van der Waals surface area contributed by atoms with Gasteiger partial charge in [0.2, 0.25) is 11.8 Å². The van der Waals surface area contributed by atoms with Crippen LogP contribution >= 0.6 is 23.2 Å². The minimum absolute atomic E-state index is 0.0127. The summed E-state index contributed by atoms with van der Waals surface area (Å²) in [5.74, 6) is 0.107. The molecular formula is C36H39Cl2N3O5S. The third-order valence-electron chi connectivity index (χ3n) is 7.27. The molecule has 1 N–H and O–H groups in total. The van der Waals surface area contributed by atoms with E-state index in [9.17, 15) is 18.0 Å². The van der Waals surface area contributed by atoms with E-state index in [1.807, 2.05) is 45.9 Å². The summed E-state index contributed by atoms with van der Waals surface area (Å²) in [6.45, 7) is 8.45. The molecule has 4 aromatic carbocycles. The van der Waals surface area contributed by atoms with E-state index in [1.54, 1.807) is 73.7 Å². The summed E-state index contributed by atoms with van der Waals surface area (Å²) < 4.78 is 35.4. The first kappa shape index (κ1) is 35.8. The van der Waals surface area contributed by atoms with Crippen LogP contribution in [0.4, 0.5) is 5.69 Å². The van der Waals surface area contributed by atoms with Crippen molar-refractivity contribution < 1.29 is 22.7 Å². The monoisotopic (exact) mass is 695 g/mol. The summed E-state index contributed by atoms with van der Waals surface area (Å²) in [4.78, 5) is 29.3. The first-order chi connectivity index (χ1) is 22.2. The Morgan fingerprint density at radius 2 is 1.40 bits per heavy atom. The van der Waals surface area contributed by atoms with Gasteiger partial charge in [-0.2, -0.15) is 0 Å². The van der Waals surface area contributed by atoms with E-state index in [2.05, 4.69) is 5.32 Å². The first-order valence-electron chi connectivity index (χ1n) is 15.2. The van der Waals surface area contributed by atoms with Crippen molar-refractivity contribution in [3.05, 3.63) is 118 Å². The summed E-state index contributed by atoms with van der Waals surface area (Å²) in [5, 5.41) is 3.59. The Hall–Kier alpha value is -4.05. The van der Waals surface area contributed by atoms with Gasteiger partial charge in [-0.15, -0.1) is 0 Å². The van der Waals surface area contributed by atoms with Gasteiger partial charge in [0.15, 0.2) is 0 Å². The smallest absolute Gasteiger partial charge is 0.264 e. The lowest BCUT2D eigenvalue weighted by Crippen LogP contribution is -2.55. The molecule has 0 unspecified atom stereocenters. The molecule has 0 heterocycles. The summed E-state index contributed by atoms with van der Waals surface area (Å²) in [7, 11) is -4.25. The zero-order valence-corrected chi connectivity index (χ0v) is 29.4. The molecule has 0 spiro atoms. The summed E-state index contributed by atoms with van der Waals surface area (Å²) in [6.07, 6.45) is 0.256. The van der Waals surface area contributed by atoms with Gasteiger partial charge in [0.05, 0.1) is 10.6 Å². The van der Waals surface area contributed by atoms with E-state index < -0.39 is 34.1 Å². The predicted molar refractivity (Wildman–Crippen MR) is 188 cm³/mol. The highest BCUT2D eigenvalue weighted by Crippen LogP contribution is 2.30. The number of amides is 2. The van der Waals surface area contributed by atoms with Crippen molar-refractivity contribution in [3.63, 3.8) is 0 Å². The highest BCUT2D eigenvalue weighted by Gasteiger charge is 2.35. The highest BCUT2D eigenvalue weighted by atomic mass is 35.5. The number of nitrogens with zero attached hydrogens (tertiary/aromatic N) is 2. The van der Waals surface area contributed by atoms with Gasteiger partial charge >= 0.3 is 0 Å². The molecule has 0 aliphatic heterocycles. The molecule has 0 saturated carbocycles. The maximum absolute atomic E-state index is 14.4. The fourth-order valence-corrected chi connectivity index (χ4v) is 6.83. The van der Waals surface area contributed by atoms with Crippen molar-refractivity contribution in [2.24, 2.45) is 0 Å². The van der Waals surface area contributed by atoms with Crippen LogP contribution in [0.5, 0.6) is 11.5 Å². The molecule has 0 radical (unpaired) electrons. The maximum Gasteiger partial charge on any atom is 0.264 e. The second kappa shape index (κ2) is 15.2. The molecular weight excluding hydrogens is 657 g/mol. The summed E-state index contributed by atoms with van der Waals surface area (Å²) >= 11 is 13.0. The van der Waals surface area contributed by atoms with Crippen LogP contribution in [0.15, 0.2) is 102 Å². The van der Waals surface area contributed by atoms with Crippen LogP contribution in [-0.4, -0.2) is 43.3 Å². The average Bonchev–Trinajstić information content (AvgIpc) is 3.01. The number of sulfonamides is 1. The number of benzene rings is 4. The molecule has 8 nitrogen and oxygen atoms in total. The SMILES string of the molecule is CC[C@@H](C(=O)NC(C)(C)C)N(Cc1c(Cl)cccc1Cl)C(=O)CN(c1ccc(Oc2ccccc2)cc1)S(=O)(=O)c1ccc(C)cc1. The third kappa shape index (κ3) is 9.28. The number of aryl methyl sites for hydroxylation is 1. The molecule has 0 aliphatic carbocycles. The standard InChI is InChI=1S/C36H39Cl2N3O5S/c1-6-33(35(43)39-36(3,4)5)40(23-30-31(37)13-10-14-32(30)38)34(42)24-41(47(44,45)29-21-15-25(2)16-22-29)26-17-19-28(20-18-26)46-27-11-8-7-9-12-27/h7-22,33H,6,23-24H2,1-5H3,(H,39,43)/t33-/m0/s1. The van der Waals surface area contributed by atoms with Gasteiger partial charge in [-0.1, -0.05) is 72.1 Å². The van der Waals surface area contributed by atoms with Crippen LogP contribution in [-0.2, 0) is 26.2 Å². The molecule has 47 heavy (non-hydrogen) atoms. The van der Waals surface area contributed by atoms with Gasteiger partial charge in [-0.05, 0) is 94.8 Å². The Balaban J connectivity index is 1.76. The number of carbonyl (C=O) groups excluding carboxylic acids is 2. The van der Waals surface area contributed by atoms with Crippen molar-refractivity contribution >= 4 is 50.7 Å². The second-order valence-electron chi connectivity index (χ2n) is 12.1. The van der Waals surface area contributed by atoms with E-state index in [0.29, 0.717) is 27.1 Å². The van der Waals surface area contributed by atoms with Crippen LogP contribution in [0, 0.1) is 6.92 Å². The summed E-state index contributed by atoms with van der Waals surface area (Å²) in [5.41, 5.74) is 0.988. The molecule has 4 aromatic rings. The lowest BCUT2D eigenvalue weighted by molar-refractivity contribution is -0.141. The molecule has 2 amide bonds. The number of rotatable bonds is 12. The number of hydrogen-bond acceptors (Lipinski definition) is 5. The van der Waals surface area contributed by atoms with Crippen LogP contribution in [0.2, 0.25) is 10.0 Å². The topological polar surface area (TPSA) is 96.0 Å². The van der Waals surface area contributed by atoms with E-state index >= 15 is 0 Å². The molecule has 4 rings (SSSR count). The third-order valence-corrected chi connectivity index (χ3v) is 9.76. The molecule has 0 bridgehead atoms. The minimum Gasteiger partial charge on any atom is -0.457 e. The fourth-order valence-electron chi connectivity index (χ4n) is 4.90. The molecule has 248 valence electrons. The lowest BCUT2D eigenvalue weighted by atomic mass is 10.1. The van der Waals surface area contributed by atoms with Gasteiger partial charge < -0.3 is 15.0 Å². The van der Waals surface area contributed by atoms with Gasteiger partial charge in [0.25, 0.3) is 10.0 Å². The maximum atomic E-state index is 14.4. The van der Waals surface area contributed by atoms with Crippen molar-refractivity contribution in [1.29, 1.82) is 0 Å². The fraction of sp³-hybridized carbons (Fsp3) is 0.278. The molecule has 0 aromatic heterocycles. The zero-order chi connectivity index (χ0) is 34.4. The van der Waals surface area contributed by atoms with E-state index in [1.165, 1.54) is 17.0 Å². The van der Waals surface area contributed by atoms with Crippen molar-refractivity contribution in [2.75, 3.05) is 10.8 Å². The number of hydrogen-bond donors (Lipinski definition) is 1. The van der Waals surface area contributed by atoms with Crippen molar-refractivity contribution in [3.8, 4) is 11.5 Å². The molecule has 0 fully saturated rings. The zero-order valence-electron chi connectivity index (χ0n) is 27.0. The van der Waals surface area contributed by atoms with E-state index in [4.69, 9.17) is 27.9 Å². The number of anilines is 1. The Kier molecular flexibility index (Phi) is 11.6. The second-order valence-corrected chi connectivity index (χ2v) is 14.8. The largest absolute Gasteiger partial charge is 0.457 e. The quantitative estimate of drug-likeness (QED) is 0.162. The van der Waals surface area contributed by atoms with Crippen LogP contribution in [0.1, 0.15) is 45.2 Å². The Morgan fingerprint density at radius 1 is 0.830 bits per heavy atom. The number of halogens is 2.